The number of carboxylic acid groups (broad SMARTS) is 1. The highest BCUT2D eigenvalue weighted by molar-refractivity contribution is 7.17. The Bertz CT molecular complexity index is 927. The quantitative estimate of drug-likeness (QED) is 0.467. The SMILES string of the molecule is CN(Cc1nc2ccsc2c(=O)[nH]1)C[C@H]1OCC[C@H](NC(=O)C2CC2)[C@@H]1O.O=CO. The zero-order valence-corrected chi connectivity index (χ0v) is 17.4. The molecular weight excluding hydrogens is 412 g/mol. The van der Waals surface area contributed by atoms with E-state index in [2.05, 4.69) is 15.3 Å². The number of nitrogens with zero attached hydrogens (tertiary/aromatic N) is 2. The van der Waals surface area contributed by atoms with Gasteiger partial charge in [-0.1, -0.05) is 0 Å². The van der Waals surface area contributed by atoms with E-state index in [9.17, 15) is 14.7 Å². The number of rotatable bonds is 6. The van der Waals surface area contributed by atoms with Gasteiger partial charge in [0.25, 0.3) is 12.0 Å². The first-order valence-electron chi connectivity index (χ1n) is 9.75. The van der Waals surface area contributed by atoms with E-state index in [-0.39, 0.29) is 29.9 Å². The number of aliphatic hydroxyl groups excluding tert-OH is 1. The molecule has 2 aliphatic rings. The van der Waals surface area contributed by atoms with Crippen LogP contribution in [0.2, 0.25) is 0 Å². The average molecular weight is 439 g/mol. The zero-order chi connectivity index (χ0) is 21.7. The van der Waals surface area contributed by atoms with Gasteiger partial charge in [-0.2, -0.15) is 0 Å². The standard InChI is InChI=1S/C18H24N4O4S.CH2O2/c1-22(9-14-19-12-5-7-27-16(12)18(25)21-14)8-13-15(23)11(4-6-26-13)20-17(24)10-2-3-10;2-1-3/h5,7,10-11,13,15,23H,2-4,6,8-9H2,1H3,(H,20,24)(H,19,21,25);1H,(H,2,3)/t11-,13+,15-;/m0./s1. The number of ether oxygens (including phenoxy) is 1. The van der Waals surface area contributed by atoms with Crippen LogP contribution in [-0.2, 0) is 20.9 Å². The maximum atomic E-state index is 12.1. The fraction of sp³-hybridized carbons (Fsp3) is 0.579. The molecule has 1 saturated heterocycles. The number of aromatic amines is 1. The van der Waals surface area contributed by atoms with Crippen molar-refractivity contribution in [2.45, 2.75) is 44.1 Å². The number of hydrogen-bond acceptors (Lipinski definition) is 8. The minimum atomic E-state index is -0.754. The Balaban J connectivity index is 0.000000806. The van der Waals surface area contributed by atoms with Crippen LogP contribution < -0.4 is 10.9 Å². The number of amides is 1. The van der Waals surface area contributed by atoms with Crippen molar-refractivity contribution >= 4 is 33.9 Å². The van der Waals surface area contributed by atoms with Gasteiger partial charge in [0.15, 0.2) is 0 Å². The molecule has 0 radical (unpaired) electrons. The number of aromatic nitrogens is 2. The minimum Gasteiger partial charge on any atom is -0.483 e. The number of likely N-dealkylation sites (N-methyl/N-ethyl adjacent to an activating group) is 1. The highest BCUT2D eigenvalue weighted by Crippen LogP contribution is 2.29. The fourth-order valence-electron chi connectivity index (χ4n) is 3.46. The highest BCUT2D eigenvalue weighted by Gasteiger charge is 2.37. The second kappa shape index (κ2) is 10.1. The molecule has 3 atom stereocenters. The third-order valence-electron chi connectivity index (χ3n) is 5.10. The van der Waals surface area contributed by atoms with Crippen molar-refractivity contribution in [3.05, 3.63) is 27.6 Å². The molecule has 11 heteroatoms. The predicted octanol–water partition coefficient (Wildman–Crippen LogP) is 0.162. The lowest BCUT2D eigenvalue weighted by Gasteiger charge is -2.37. The molecule has 0 unspecified atom stereocenters. The van der Waals surface area contributed by atoms with E-state index in [0.29, 0.717) is 42.2 Å². The Morgan fingerprint density at radius 2 is 2.20 bits per heavy atom. The molecular formula is C19H26N4O6S. The van der Waals surface area contributed by atoms with Crippen LogP contribution in [0.4, 0.5) is 0 Å². The van der Waals surface area contributed by atoms with Gasteiger partial charge < -0.3 is 25.3 Å². The summed E-state index contributed by atoms with van der Waals surface area (Å²) in [5.41, 5.74) is 0.569. The van der Waals surface area contributed by atoms with Gasteiger partial charge >= 0.3 is 0 Å². The van der Waals surface area contributed by atoms with Gasteiger partial charge in [-0.05, 0) is 37.8 Å². The predicted molar refractivity (Wildman–Crippen MR) is 110 cm³/mol. The van der Waals surface area contributed by atoms with Gasteiger partial charge in [0.2, 0.25) is 5.91 Å². The molecule has 2 aromatic rings. The molecule has 4 rings (SSSR count). The van der Waals surface area contributed by atoms with Crippen LogP contribution in [0.15, 0.2) is 16.2 Å². The van der Waals surface area contributed by atoms with Crippen LogP contribution in [-0.4, -0.2) is 75.9 Å². The van der Waals surface area contributed by atoms with Crippen molar-refractivity contribution in [3.63, 3.8) is 0 Å². The van der Waals surface area contributed by atoms with Gasteiger partial charge in [-0.25, -0.2) is 4.98 Å². The summed E-state index contributed by atoms with van der Waals surface area (Å²) in [6, 6.07) is 1.56. The van der Waals surface area contributed by atoms with Crippen LogP contribution in [0.5, 0.6) is 0 Å². The molecule has 10 nitrogen and oxygen atoms in total. The first kappa shape index (κ1) is 22.3. The first-order valence-corrected chi connectivity index (χ1v) is 10.6. The molecule has 1 amide bonds. The summed E-state index contributed by atoms with van der Waals surface area (Å²) in [5, 5.41) is 22.3. The smallest absolute Gasteiger partial charge is 0.290 e. The molecule has 0 spiro atoms. The van der Waals surface area contributed by atoms with Crippen molar-refractivity contribution in [2.75, 3.05) is 20.2 Å². The summed E-state index contributed by atoms with van der Waals surface area (Å²) in [4.78, 5) is 41.7. The van der Waals surface area contributed by atoms with Gasteiger partial charge in [-0.15, -0.1) is 11.3 Å². The normalized spacial score (nSPS) is 23.6. The van der Waals surface area contributed by atoms with Crippen LogP contribution in [0.1, 0.15) is 25.1 Å². The van der Waals surface area contributed by atoms with Crippen LogP contribution in [0.25, 0.3) is 10.2 Å². The number of carbonyl (C=O) groups is 2. The van der Waals surface area contributed by atoms with Gasteiger partial charge in [-0.3, -0.25) is 19.3 Å². The fourth-order valence-corrected chi connectivity index (χ4v) is 4.19. The van der Waals surface area contributed by atoms with E-state index < -0.39 is 12.2 Å². The molecule has 0 aromatic carbocycles. The van der Waals surface area contributed by atoms with Crippen LogP contribution in [0, 0.1) is 5.92 Å². The Morgan fingerprint density at radius 3 is 2.90 bits per heavy atom. The summed E-state index contributed by atoms with van der Waals surface area (Å²) in [6.45, 7) is 1.16. The first-order chi connectivity index (χ1) is 14.4. The van der Waals surface area contributed by atoms with E-state index in [0.717, 1.165) is 12.8 Å². The van der Waals surface area contributed by atoms with Crippen molar-refractivity contribution in [1.29, 1.82) is 0 Å². The van der Waals surface area contributed by atoms with Crippen molar-refractivity contribution in [1.82, 2.24) is 20.2 Å². The minimum absolute atomic E-state index is 0.0406. The van der Waals surface area contributed by atoms with Crippen LogP contribution in [0.3, 0.4) is 0 Å². The number of nitrogens with one attached hydrogen (secondary N) is 2. The third kappa shape index (κ3) is 5.63. The summed E-state index contributed by atoms with van der Waals surface area (Å²) in [7, 11) is 1.89. The second-order valence-corrected chi connectivity index (χ2v) is 8.44. The van der Waals surface area contributed by atoms with Gasteiger partial charge in [0, 0.05) is 19.1 Å². The monoisotopic (exact) mass is 438 g/mol. The number of aliphatic hydroxyl groups is 1. The molecule has 1 aliphatic heterocycles. The molecule has 2 fully saturated rings. The molecule has 1 aliphatic carbocycles. The van der Waals surface area contributed by atoms with E-state index in [1.165, 1.54) is 11.3 Å². The van der Waals surface area contributed by atoms with Crippen molar-refractivity contribution in [2.24, 2.45) is 5.92 Å². The molecule has 0 bridgehead atoms. The Labute approximate surface area is 176 Å². The average Bonchev–Trinajstić information content (AvgIpc) is 3.44. The molecule has 3 heterocycles. The Hall–Kier alpha value is -2.34. The zero-order valence-electron chi connectivity index (χ0n) is 16.6. The number of hydrogen-bond donors (Lipinski definition) is 4. The largest absolute Gasteiger partial charge is 0.483 e. The number of thiophene rings is 1. The van der Waals surface area contributed by atoms with Gasteiger partial charge in [0.1, 0.15) is 16.6 Å². The van der Waals surface area contributed by atoms with E-state index >= 15 is 0 Å². The lowest BCUT2D eigenvalue weighted by molar-refractivity contribution is -0.130. The van der Waals surface area contributed by atoms with Crippen molar-refractivity contribution in [3.8, 4) is 0 Å². The second-order valence-electron chi connectivity index (χ2n) is 7.53. The number of H-pyrrole nitrogens is 1. The Kier molecular flexibility index (Phi) is 7.53. The Morgan fingerprint density at radius 1 is 1.47 bits per heavy atom. The molecule has 1 saturated carbocycles. The molecule has 4 N–H and O–H groups in total. The van der Waals surface area contributed by atoms with E-state index in [1.807, 2.05) is 23.4 Å². The summed E-state index contributed by atoms with van der Waals surface area (Å²) in [5.74, 6) is 0.743. The van der Waals surface area contributed by atoms with Gasteiger partial charge in [0.05, 0.1) is 24.2 Å². The number of carbonyl (C=O) groups excluding carboxylic acids is 1. The maximum Gasteiger partial charge on any atom is 0.290 e. The third-order valence-corrected chi connectivity index (χ3v) is 6.01. The van der Waals surface area contributed by atoms with Crippen molar-refractivity contribution < 1.29 is 24.5 Å². The number of fused-ring (bicyclic) bond motifs is 1. The van der Waals surface area contributed by atoms with E-state index in [1.54, 1.807) is 0 Å². The molecule has 2 aromatic heterocycles. The lowest BCUT2D eigenvalue weighted by Crippen LogP contribution is -2.56. The van der Waals surface area contributed by atoms with Crippen LogP contribution >= 0.6 is 11.3 Å². The molecule has 164 valence electrons. The highest BCUT2D eigenvalue weighted by atomic mass is 32.1. The van der Waals surface area contributed by atoms with E-state index in [4.69, 9.17) is 14.6 Å². The summed E-state index contributed by atoms with van der Waals surface area (Å²) < 4.78 is 6.36. The molecule has 30 heavy (non-hydrogen) atoms. The lowest BCUT2D eigenvalue weighted by atomic mass is 9.99. The summed E-state index contributed by atoms with van der Waals surface area (Å²) >= 11 is 1.37. The topological polar surface area (TPSA) is 145 Å². The maximum absolute atomic E-state index is 12.1. The summed E-state index contributed by atoms with van der Waals surface area (Å²) in [6.07, 6.45) is 1.34.